The quantitative estimate of drug-likeness (QED) is 0.391. The molecule has 2 aliphatic heterocycles. The summed E-state index contributed by atoms with van der Waals surface area (Å²) in [5.41, 5.74) is 0.546. The molecule has 0 unspecified atom stereocenters. The summed E-state index contributed by atoms with van der Waals surface area (Å²) in [5.74, 6) is -1.47. The summed E-state index contributed by atoms with van der Waals surface area (Å²) in [5, 5.41) is 29.6. The first-order chi connectivity index (χ1) is 13.3. The van der Waals surface area contributed by atoms with Gasteiger partial charge < -0.3 is 20.4 Å². The molecule has 150 valence electrons. The second-order valence-corrected chi connectivity index (χ2v) is 6.65. The van der Waals surface area contributed by atoms with Crippen LogP contribution in [0.15, 0.2) is 36.4 Å². The normalized spacial score (nSPS) is 20.8. The van der Waals surface area contributed by atoms with Gasteiger partial charge in [-0.2, -0.15) is 0 Å². The zero-order valence-corrected chi connectivity index (χ0v) is 15.0. The highest BCUT2D eigenvalue weighted by molar-refractivity contribution is 5.94. The number of benzene rings is 1. The van der Waals surface area contributed by atoms with Crippen LogP contribution in [-0.4, -0.2) is 64.1 Å². The minimum absolute atomic E-state index is 0.0151. The fourth-order valence-corrected chi connectivity index (χ4v) is 3.32. The third-order valence-electron chi connectivity index (χ3n) is 4.47. The average Bonchev–Trinajstić information content (AvgIpc) is 2.66. The summed E-state index contributed by atoms with van der Waals surface area (Å²) < 4.78 is 0. The topological polar surface area (TPSA) is 150 Å². The van der Waals surface area contributed by atoms with Crippen LogP contribution >= 0.6 is 0 Å². The molecule has 1 aromatic carbocycles. The van der Waals surface area contributed by atoms with Gasteiger partial charge in [0, 0.05) is 42.9 Å². The maximum absolute atomic E-state index is 12.4. The monoisotopic (exact) mass is 391 g/mol. The molecule has 2 heterocycles. The molecule has 1 amide bonds. The highest BCUT2D eigenvalue weighted by Crippen LogP contribution is 2.26. The number of fused-ring (bicyclic) bond motifs is 2. The van der Waals surface area contributed by atoms with Gasteiger partial charge in [-0.3, -0.25) is 14.9 Å². The smallest absolute Gasteiger partial charge is 0.328 e. The lowest BCUT2D eigenvalue weighted by Crippen LogP contribution is -2.52. The molecule has 10 heteroatoms. The Balaban J connectivity index is 0.000000300. The highest BCUT2D eigenvalue weighted by Gasteiger charge is 2.32. The second-order valence-electron chi connectivity index (χ2n) is 6.65. The van der Waals surface area contributed by atoms with Gasteiger partial charge in [0.1, 0.15) is 0 Å². The first kappa shape index (κ1) is 21.0. The van der Waals surface area contributed by atoms with Crippen molar-refractivity contribution in [3.63, 3.8) is 0 Å². The fraction of sp³-hybridized carbons (Fsp3) is 0.389. The molecule has 3 N–H and O–H groups in total. The van der Waals surface area contributed by atoms with E-state index in [2.05, 4.69) is 5.32 Å². The number of hydrogen-bond acceptors (Lipinski definition) is 6. The van der Waals surface area contributed by atoms with Gasteiger partial charge in [-0.1, -0.05) is 0 Å². The van der Waals surface area contributed by atoms with Crippen molar-refractivity contribution in [1.82, 2.24) is 10.2 Å². The second kappa shape index (κ2) is 9.60. The van der Waals surface area contributed by atoms with Gasteiger partial charge in [-0.05, 0) is 43.5 Å². The standard InChI is InChI=1S/C14H17N3O3.C4H4O4/c18-14(12-1-3-13(4-2-12)17(19)20)16-8-10-5-11(9-16)7-15-6-10;5-3(6)1-2-4(7)8/h1-4,10-11,15H,5-9H2;1-2H,(H,5,6)(H,7,8)/b;2-1+/t10-,11+;. The maximum Gasteiger partial charge on any atom is 0.328 e. The van der Waals surface area contributed by atoms with Gasteiger partial charge in [-0.15, -0.1) is 0 Å². The molecule has 2 fully saturated rings. The lowest BCUT2D eigenvalue weighted by Gasteiger charge is -2.41. The molecule has 2 saturated heterocycles. The van der Waals surface area contributed by atoms with Crippen LogP contribution in [-0.2, 0) is 9.59 Å². The van der Waals surface area contributed by atoms with Gasteiger partial charge in [-0.25, -0.2) is 9.59 Å². The van der Waals surface area contributed by atoms with E-state index in [0.717, 1.165) is 26.2 Å². The number of carbonyl (C=O) groups excluding carboxylic acids is 1. The van der Waals surface area contributed by atoms with Crippen molar-refractivity contribution in [1.29, 1.82) is 0 Å². The Morgan fingerprint density at radius 3 is 1.96 bits per heavy atom. The van der Waals surface area contributed by atoms with E-state index in [0.29, 0.717) is 29.6 Å². The number of aliphatic carboxylic acids is 2. The van der Waals surface area contributed by atoms with Crippen molar-refractivity contribution < 1.29 is 29.5 Å². The van der Waals surface area contributed by atoms with E-state index in [9.17, 15) is 24.5 Å². The van der Waals surface area contributed by atoms with E-state index in [1.54, 1.807) is 12.1 Å². The number of piperidine rings is 2. The molecule has 0 aromatic heterocycles. The molecule has 0 spiro atoms. The number of rotatable bonds is 4. The summed E-state index contributed by atoms with van der Waals surface area (Å²) in [6, 6.07) is 5.87. The van der Waals surface area contributed by atoms with Crippen molar-refractivity contribution in [2.45, 2.75) is 6.42 Å². The maximum atomic E-state index is 12.4. The van der Waals surface area contributed by atoms with E-state index < -0.39 is 16.9 Å². The molecule has 2 bridgehead atoms. The summed E-state index contributed by atoms with van der Waals surface area (Å²) >= 11 is 0. The van der Waals surface area contributed by atoms with E-state index in [1.807, 2.05) is 4.90 Å². The summed E-state index contributed by atoms with van der Waals surface area (Å²) in [7, 11) is 0. The summed E-state index contributed by atoms with van der Waals surface area (Å²) in [6.07, 6.45) is 2.31. The van der Waals surface area contributed by atoms with Gasteiger partial charge in [0.15, 0.2) is 0 Å². The number of carboxylic acids is 2. The molecule has 10 nitrogen and oxygen atoms in total. The number of non-ortho nitro benzene ring substituents is 1. The lowest BCUT2D eigenvalue weighted by molar-refractivity contribution is -0.384. The Morgan fingerprint density at radius 2 is 1.54 bits per heavy atom. The summed E-state index contributed by atoms with van der Waals surface area (Å²) in [4.78, 5) is 43.6. The molecule has 1 aromatic rings. The minimum Gasteiger partial charge on any atom is -0.478 e. The molecule has 0 saturated carbocycles. The van der Waals surface area contributed by atoms with Crippen LogP contribution in [0.5, 0.6) is 0 Å². The Kier molecular flexibility index (Phi) is 7.21. The number of nitrogens with one attached hydrogen (secondary N) is 1. The van der Waals surface area contributed by atoms with Crippen LogP contribution in [0.25, 0.3) is 0 Å². The zero-order chi connectivity index (χ0) is 20.7. The first-order valence-corrected chi connectivity index (χ1v) is 8.64. The van der Waals surface area contributed by atoms with E-state index in [1.165, 1.54) is 18.6 Å². The molecule has 2 aliphatic rings. The molecule has 28 heavy (non-hydrogen) atoms. The zero-order valence-electron chi connectivity index (χ0n) is 15.0. The number of amides is 1. The van der Waals surface area contributed by atoms with Crippen molar-refractivity contribution in [3.8, 4) is 0 Å². The number of hydrogen-bond donors (Lipinski definition) is 3. The van der Waals surface area contributed by atoms with Crippen LogP contribution < -0.4 is 5.32 Å². The summed E-state index contributed by atoms with van der Waals surface area (Å²) in [6.45, 7) is 3.50. The number of nitrogens with zero attached hydrogens (tertiary/aromatic N) is 2. The third-order valence-corrected chi connectivity index (χ3v) is 4.47. The molecule has 3 rings (SSSR count). The molecule has 2 atom stereocenters. The van der Waals surface area contributed by atoms with Gasteiger partial charge in [0.2, 0.25) is 0 Å². The fourth-order valence-electron chi connectivity index (χ4n) is 3.32. The number of carboxylic acid groups (broad SMARTS) is 2. The van der Waals surface area contributed by atoms with Gasteiger partial charge >= 0.3 is 11.9 Å². The molecular weight excluding hydrogens is 370 g/mol. The van der Waals surface area contributed by atoms with E-state index >= 15 is 0 Å². The van der Waals surface area contributed by atoms with Crippen molar-refractivity contribution in [3.05, 3.63) is 52.1 Å². The van der Waals surface area contributed by atoms with Crippen LogP contribution in [0.4, 0.5) is 5.69 Å². The van der Waals surface area contributed by atoms with Crippen LogP contribution in [0.2, 0.25) is 0 Å². The first-order valence-electron chi connectivity index (χ1n) is 8.64. The lowest BCUT2D eigenvalue weighted by atomic mass is 9.85. The SMILES string of the molecule is O=C(O)/C=C/C(=O)O.O=C(c1ccc([N+](=O)[O-])cc1)N1C[C@@H]2CNC[C@@H](C2)C1. The van der Waals surface area contributed by atoms with Crippen molar-refractivity contribution >= 4 is 23.5 Å². The van der Waals surface area contributed by atoms with Crippen molar-refractivity contribution in [2.24, 2.45) is 11.8 Å². The highest BCUT2D eigenvalue weighted by atomic mass is 16.6. The molecular formula is C18H21N3O7. The van der Waals surface area contributed by atoms with Crippen molar-refractivity contribution in [2.75, 3.05) is 26.2 Å². The van der Waals surface area contributed by atoms with Crippen LogP contribution in [0, 0.1) is 22.0 Å². The Hall–Kier alpha value is -3.27. The minimum atomic E-state index is -1.26. The Labute approximate surface area is 160 Å². The predicted octanol–water partition coefficient (Wildman–Crippen LogP) is 0.988. The molecule has 0 aliphatic carbocycles. The third kappa shape index (κ3) is 6.16. The Bertz CT molecular complexity index is 748. The Morgan fingerprint density at radius 1 is 1.04 bits per heavy atom. The number of nitro benzene ring substituents is 1. The van der Waals surface area contributed by atoms with E-state index in [4.69, 9.17) is 10.2 Å². The van der Waals surface area contributed by atoms with Gasteiger partial charge in [0.05, 0.1) is 4.92 Å². The number of nitro groups is 1. The largest absolute Gasteiger partial charge is 0.478 e. The van der Waals surface area contributed by atoms with Crippen LogP contribution in [0.3, 0.4) is 0 Å². The molecule has 0 radical (unpaired) electrons. The number of likely N-dealkylation sites (tertiary alicyclic amines) is 1. The van der Waals surface area contributed by atoms with Gasteiger partial charge in [0.25, 0.3) is 11.6 Å². The van der Waals surface area contributed by atoms with Crippen LogP contribution in [0.1, 0.15) is 16.8 Å². The average molecular weight is 391 g/mol. The number of carbonyl (C=O) groups is 3. The predicted molar refractivity (Wildman–Crippen MR) is 97.9 cm³/mol. The van der Waals surface area contributed by atoms with E-state index in [-0.39, 0.29) is 11.6 Å².